The lowest BCUT2D eigenvalue weighted by molar-refractivity contribution is 0.459. The minimum atomic E-state index is 0.404. The molecular formula is C15H17N3OS. The zero-order chi connectivity index (χ0) is 13.9. The summed E-state index contributed by atoms with van der Waals surface area (Å²) in [7, 11) is 0. The van der Waals surface area contributed by atoms with Crippen LogP contribution in [0.2, 0.25) is 0 Å². The maximum absolute atomic E-state index is 5.87. The second kappa shape index (κ2) is 5.64. The van der Waals surface area contributed by atoms with Crippen LogP contribution in [0.3, 0.4) is 0 Å². The number of fused-ring (bicyclic) bond motifs is 1. The quantitative estimate of drug-likeness (QED) is 0.780. The van der Waals surface area contributed by atoms with Gasteiger partial charge in [0.1, 0.15) is 11.4 Å². The molecule has 0 amide bonds. The van der Waals surface area contributed by atoms with Crippen molar-refractivity contribution < 1.29 is 4.74 Å². The van der Waals surface area contributed by atoms with E-state index in [2.05, 4.69) is 24.0 Å². The Hall–Kier alpha value is -1.85. The average molecular weight is 287 g/mol. The van der Waals surface area contributed by atoms with E-state index in [1.54, 1.807) is 11.3 Å². The van der Waals surface area contributed by atoms with Crippen molar-refractivity contribution >= 4 is 16.3 Å². The smallest absolute Gasteiger partial charge is 0.243 e. The lowest BCUT2D eigenvalue weighted by Crippen LogP contribution is -2.01. The largest absolute Gasteiger partial charge is 0.437 e. The molecular weight excluding hydrogens is 270 g/mol. The third kappa shape index (κ3) is 2.42. The fraction of sp³-hybridized carbons (Fsp3) is 0.267. The van der Waals surface area contributed by atoms with Gasteiger partial charge in [0.05, 0.1) is 0 Å². The highest BCUT2D eigenvalue weighted by molar-refractivity contribution is 7.15. The Morgan fingerprint density at radius 3 is 2.80 bits per heavy atom. The second-order valence-corrected chi connectivity index (χ2v) is 5.49. The highest BCUT2D eigenvalue weighted by Crippen LogP contribution is 2.27. The number of imidazole rings is 1. The van der Waals surface area contributed by atoms with E-state index in [9.17, 15) is 0 Å². The van der Waals surface area contributed by atoms with Crippen LogP contribution in [0.25, 0.3) is 4.96 Å². The zero-order valence-corrected chi connectivity index (χ0v) is 12.2. The maximum Gasteiger partial charge on any atom is 0.243 e. The Kier molecular flexibility index (Phi) is 3.71. The lowest BCUT2D eigenvalue weighted by atomic mass is 10.1. The molecule has 2 heterocycles. The summed E-state index contributed by atoms with van der Waals surface area (Å²) >= 11 is 1.57. The highest BCUT2D eigenvalue weighted by atomic mass is 32.1. The molecule has 0 fully saturated rings. The van der Waals surface area contributed by atoms with Gasteiger partial charge in [-0.05, 0) is 24.1 Å². The van der Waals surface area contributed by atoms with Gasteiger partial charge in [0.25, 0.3) is 0 Å². The van der Waals surface area contributed by atoms with Crippen LogP contribution < -0.4 is 10.5 Å². The van der Waals surface area contributed by atoms with Crippen LogP contribution in [0.15, 0.2) is 35.8 Å². The van der Waals surface area contributed by atoms with E-state index in [0.717, 1.165) is 29.2 Å². The van der Waals surface area contributed by atoms with Crippen LogP contribution >= 0.6 is 11.3 Å². The monoisotopic (exact) mass is 287 g/mol. The number of hydrogen-bond acceptors (Lipinski definition) is 4. The van der Waals surface area contributed by atoms with E-state index in [0.29, 0.717) is 12.4 Å². The Balaban J connectivity index is 1.86. The number of hydrogen-bond donors (Lipinski definition) is 1. The third-order valence-electron chi connectivity index (χ3n) is 3.19. The van der Waals surface area contributed by atoms with E-state index in [1.807, 2.05) is 28.1 Å². The molecule has 2 N–H and O–H groups in total. The van der Waals surface area contributed by atoms with Crippen molar-refractivity contribution in [3.63, 3.8) is 0 Å². The molecule has 0 unspecified atom stereocenters. The molecule has 0 saturated heterocycles. The van der Waals surface area contributed by atoms with Crippen LogP contribution in [0, 0.1) is 0 Å². The normalized spacial score (nSPS) is 11.1. The van der Waals surface area contributed by atoms with Gasteiger partial charge in [-0.25, -0.2) is 0 Å². The number of nitrogens with zero attached hydrogens (tertiary/aromatic N) is 2. The van der Waals surface area contributed by atoms with Gasteiger partial charge in [0.15, 0.2) is 4.96 Å². The number of benzene rings is 1. The summed E-state index contributed by atoms with van der Waals surface area (Å²) in [5.41, 5.74) is 8.03. The van der Waals surface area contributed by atoms with Crippen molar-refractivity contribution in [1.29, 1.82) is 0 Å². The van der Waals surface area contributed by atoms with Crippen LogP contribution in [0.4, 0.5) is 0 Å². The van der Waals surface area contributed by atoms with Crippen molar-refractivity contribution in [2.75, 3.05) is 0 Å². The van der Waals surface area contributed by atoms with E-state index in [-0.39, 0.29) is 0 Å². The van der Waals surface area contributed by atoms with E-state index in [1.165, 1.54) is 5.56 Å². The highest BCUT2D eigenvalue weighted by Gasteiger charge is 2.13. The Morgan fingerprint density at radius 1 is 1.30 bits per heavy atom. The van der Waals surface area contributed by atoms with E-state index in [4.69, 9.17) is 10.5 Å². The van der Waals surface area contributed by atoms with Crippen LogP contribution in [-0.4, -0.2) is 9.38 Å². The van der Waals surface area contributed by atoms with Gasteiger partial charge in [0, 0.05) is 18.1 Å². The molecule has 0 saturated carbocycles. The molecule has 0 spiro atoms. The first-order chi connectivity index (χ1) is 9.81. The fourth-order valence-corrected chi connectivity index (χ4v) is 2.93. The number of aromatic nitrogens is 2. The van der Waals surface area contributed by atoms with Gasteiger partial charge in [-0.1, -0.05) is 25.5 Å². The van der Waals surface area contributed by atoms with Crippen molar-refractivity contribution in [3.05, 3.63) is 47.1 Å². The van der Waals surface area contributed by atoms with Crippen molar-refractivity contribution in [2.24, 2.45) is 5.73 Å². The summed E-state index contributed by atoms with van der Waals surface area (Å²) < 4.78 is 7.85. The average Bonchev–Trinajstić information content (AvgIpc) is 3.01. The molecule has 0 aliphatic heterocycles. The molecule has 4 nitrogen and oxygen atoms in total. The summed E-state index contributed by atoms with van der Waals surface area (Å²) in [5.74, 6) is 1.40. The molecule has 3 aromatic rings. The van der Waals surface area contributed by atoms with Crippen LogP contribution in [0.1, 0.15) is 24.6 Å². The number of rotatable bonds is 5. The first-order valence-electron chi connectivity index (χ1n) is 6.73. The van der Waals surface area contributed by atoms with Crippen LogP contribution in [-0.2, 0) is 13.0 Å². The van der Waals surface area contributed by atoms with Gasteiger partial charge < -0.3 is 10.5 Å². The Labute approximate surface area is 121 Å². The van der Waals surface area contributed by atoms with Crippen molar-refractivity contribution in [3.8, 4) is 11.6 Å². The van der Waals surface area contributed by atoms with E-state index >= 15 is 0 Å². The van der Waals surface area contributed by atoms with Crippen molar-refractivity contribution in [1.82, 2.24) is 9.38 Å². The first-order valence-corrected chi connectivity index (χ1v) is 7.61. The molecule has 20 heavy (non-hydrogen) atoms. The summed E-state index contributed by atoms with van der Waals surface area (Å²) in [5, 5.41) is 1.99. The molecule has 0 radical (unpaired) electrons. The third-order valence-corrected chi connectivity index (χ3v) is 3.95. The van der Waals surface area contributed by atoms with Crippen molar-refractivity contribution in [2.45, 2.75) is 26.3 Å². The van der Waals surface area contributed by atoms with Gasteiger partial charge in [-0.2, -0.15) is 4.98 Å². The fourth-order valence-electron chi connectivity index (χ4n) is 2.20. The maximum atomic E-state index is 5.87. The summed E-state index contributed by atoms with van der Waals surface area (Å²) in [4.78, 5) is 5.38. The number of thiazole rings is 1. The molecule has 0 aliphatic rings. The zero-order valence-electron chi connectivity index (χ0n) is 11.4. The lowest BCUT2D eigenvalue weighted by Gasteiger charge is -2.05. The van der Waals surface area contributed by atoms with Gasteiger partial charge in [-0.3, -0.25) is 4.40 Å². The molecule has 0 atom stereocenters. The molecule has 3 rings (SSSR count). The molecule has 0 aliphatic carbocycles. The Morgan fingerprint density at radius 2 is 2.10 bits per heavy atom. The number of ether oxygens (including phenoxy) is 1. The summed E-state index contributed by atoms with van der Waals surface area (Å²) in [6.07, 6.45) is 4.20. The Bertz CT molecular complexity index is 700. The second-order valence-electron chi connectivity index (χ2n) is 4.62. The van der Waals surface area contributed by atoms with Gasteiger partial charge in [-0.15, -0.1) is 11.3 Å². The predicted octanol–water partition coefficient (Wildman–Crippen LogP) is 3.60. The summed E-state index contributed by atoms with van der Waals surface area (Å²) in [6, 6.07) is 8.16. The SMILES string of the molecule is CCCc1ccc(Oc2nc3sccn3c2CN)cc1. The molecule has 104 valence electrons. The first kappa shape index (κ1) is 13.1. The summed E-state index contributed by atoms with van der Waals surface area (Å²) in [6.45, 7) is 2.58. The topological polar surface area (TPSA) is 52.5 Å². The van der Waals surface area contributed by atoms with E-state index < -0.39 is 0 Å². The number of aryl methyl sites for hydroxylation is 1. The predicted molar refractivity (Wildman–Crippen MR) is 81.5 cm³/mol. The number of nitrogens with two attached hydrogens (primary N) is 1. The minimum Gasteiger partial charge on any atom is -0.437 e. The molecule has 2 aromatic heterocycles. The standard InChI is InChI=1S/C15H17N3OS/c1-2-3-11-4-6-12(7-5-11)19-14-13(10-16)18-8-9-20-15(18)17-14/h4-9H,2-3,10,16H2,1H3. The minimum absolute atomic E-state index is 0.404. The molecule has 0 bridgehead atoms. The molecule has 5 heteroatoms. The van der Waals surface area contributed by atoms with Gasteiger partial charge in [0.2, 0.25) is 5.88 Å². The van der Waals surface area contributed by atoms with Crippen LogP contribution in [0.5, 0.6) is 11.6 Å². The molecule has 1 aromatic carbocycles. The van der Waals surface area contributed by atoms with Gasteiger partial charge >= 0.3 is 0 Å².